The van der Waals surface area contributed by atoms with E-state index >= 15 is 0 Å². The summed E-state index contributed by atoms with van der Waals surface area (Å²) < 4.78 is 34.6. The van der Waals surface area contributed by atoms with E-state index in [1.807, 2.05) is 0 Å². The Morgan fingerprint density at radius 1 is 0.568 bits per heavy atom. The van der Waals surface area contributed by atoms with Crippen molar-refractivity contribution in [3.8, 4) is 23.0 Å². The number of aryl methyl sites for hydroxylation is 2. The lowest BCUT2D eigenvalue weighted by atomic mass is 9.87. The van der Waals surface area contributed by atoms with E-state index in [1.165, 1.54) is 13.8 Å². The van der Waals surface area contributed by atoms with Crippen LogP contribution in [0.25, 0.3) is 0 Å². The molecule has 2 amide bonds. The summed E-state index contributed by atoms with van der Waals surface area (Å²) >= 11 is 0. The number of hydrogen-bond acceptors (Lipinski definition) is 20. The maximum Gasteiger partial charge on any atom is 0.331 e. The second-order valence-corrected chi connectivity index (χ2v) is 18.4. The lowest BCUT2D eigenvalue weighted by Crippen LogP contribution is -2.41. The first-order chi connectivity index (χ1) is 35.1. The van der Waals surface area contributed by atoms with Gasteiger partial charge in [-0.3, -0.25) is 19.2 Å². The predicted octanol–water partition coefficient (Wildman–Crippen LogP) is 4.17. The van der Waals surface area contributed by atoms with Crippen LogP contribution < -0.4 is 40.2 Å². The molecule has 0 radical (unpaired) electrons. The van der Waals surface area contributed by atoms with Gasteiger partial charge in [-0.15, -0.1) is 20.2 Å². The molecule has 0 heterocycles. The number of hydrogen-bond donors (Lipinski definition) is 4. The number of nitrogens with one attached hydrogen (secondary N) is 4. The summed E-state index contributed by atoms with van der Waals surface area (Å²) in [6.45, 7) is 14.1. The van der Waals surface area contributed by atoms with Gasteiger partial charge in [0.15, 0.2) is 0 Å². The molecule has 24 heteroatoms. The van der Waals surface area contributed by atoms with Gasteiger partial charge in [0.1, 0.15) is 60.6 Å². The molecule has 24 nitrogen and oxygen atoms in total. The highest BCUT2D eigenvalue weighted by Crippen LogP contribution is 2.35. The molecule has 2 aliphatic rings. The minimum absolute atomic E-state index is 0.0670. The van der Waals surface area contributed by atoms with Crippen LogP contribution in [0.3, 0.4) is 0 Å². The Kier molecular flexibility index (Phi) is 23.8. The Labute approximate surface area is 429 Å². The molecule has 2 aliphatic carbocycles. The van der Waals surface area contributed by atoms with Gasteiger partial charge in [-0.2, -0.15) is 0 Å². The Morgan fingerprint density at radius 2 is 0.919 bits per heavy atom. The molecule has 2 aromatic carbocycles. The van der Waals surface area contributed by atoms with Crippen LogP contribution >= 0.6 is 0 Å². The molecular formula is C50H70N6O18. The lowest BCUT2D eigenvalue weighted by Gasteiger charge is -2.26. The zero-order chi connectivity index (χ0) is 54.5. The SMILES string of the molecule is CC(=O)Oc1c(C)cc(OCC(CNCCNC(=O)C2CCC(O[N+](=O)[O-])CC2)OC(=O)/C=C/C(=O)OC(CNCCNC(=O)C2CCC(O[N+](=O)[O-])CC2)COc2cc(C)c(OC(C)=O)c(C)c2C)c(C)c1C. The van der Waals surface area contributed by atoms with Crippen LogP contribution in [0.15, 0.2) is 24.3 Å². The van der Waals surface area contributed by atoms with Crippen molar-refractivity contribution >= 4 is 35.7 Å². The predicted molar refractivity (Wildman–Crippen MR) is 263 cm³/mol. The molecule has 74 heavy (non-hydrogen) atoms. The fourth-order valence-electron chi connectivity index (χ4n) is 8.59. The fourth-order valence-corrected chi connectivity index (χ4v) is 8.59. The number of rotatable bonds is 28. The quantitative estimate of drug-likeness (QED) is 0.0232. The number of ether oxygens (including phenoxy) is 6. The van der Waals surface area contributed by atoms with Crippen LogP contribution in [0.1, 0.15) is 98.6 Å². The number of carbonyl (C=O) groups excluding carboxylic acids is 6. The number of esters is 4. The van der Waals surface area contributed by atoms with E-state index in [0.717, 1.165) is 12.2 Å². The molecule has 2 fully saturated rings. The molecule has 2 atom stereocenters. The third kappa shape index (κ3) is 19.7. The first-order valence-corrected chi connectivity index (χ1v) is 24.6. The highest BCUT2D eigenvalue weighted by molar-refractivity contribution is 5.91. The zero-order valence-electron chi connectivity index (χ0n) is 43.3. The first kappa shape index (κ1) is 59.5. The molecule has 2 saturated carbocycles. The smallest absolute Gasteiger partial charge is 0.331 e. The van der Waals surface area contributed by atoms with E-state index in [1.54, 1.807) is 53.7 Å². The van der Waals surface area contributed by atoms with E-state index in [9.17, 15) is 49.0 Å². The summed E-state index contributed by atoms with van der Waals surface area (Å²) in [6.07, 6.45) is 2.30. The number of nitrogens with zero attached hydrogens (tertiary/aromatic N) is 2. The van der Waals surface area contributed by atoms with E-state index in [-0.39, 0.29) is 76.1 Å². The fraction of sp³-hybridized carbons (Fsp3) is 0.600. The van der Waals surface area contributed by atoms with Crippen molar-refractivity contribution in [1.29, 1.82) is 0 Å². The van der Waals surface area contributed by atoms with Crippen LogP contribution in [0.4, 0.5) is 0 Å². The largest absolute Gasteiger partial charge is 0.489 e. The summed E-state index contributed by atoms with van der Waals surface area (Å²) in [5, 5.41) is 31.8. The van der Waals surface area contributed by atoms with Crippen molar-refractivity contribution in [3.63, 3.8) is 0 Å². The average molecular weight is 1040 g/mol. The number of carbonyl (C=O) groups is 6. The van der Waals surface area contributed by atoms with Crippen LogP contribution in [0.5, 0.6) is 23.0 Å². The minimum Gasteiger partial charge on any atom is -0.489 e. The normalized spacial score (nSPS) is 18.2. The van der Waals surface area contributed by atoms with Crippen LogP contribution in [0, 0.1) is 73.6 Å². The second kappa shape index (κ2) is 29.6. The topological polar surface area (TPSA) is 311 Å². The first-order valence-electron chi connectivity index (χ1n) is 24.6. The summed E-state index contributed by atoms with van der Waals surface area (Å²) in [7, 11) is 0. The average Bonchev–Trinajstić information content (AvgIpc) is 3.34. The minimum atomic E-state index is -0.922. The second-order valence-electron chi connectivity index (χ2n) is 18.4. The number of benzene rings is 2. The molecule has 408 valence electrons. The van der Waals surface area contributed by atoms with E-state index < -0.39 is 58.5 Å². The van der Waals surface area contributed by atoms with E-state index in [4.69, 9.17) is 28.4 Å². The zero-order valence-corrected chi connectivity index (χ0v) is 43.3. The van der Waals surface area contributed by atoms with Crippen LogP contribution in [0.2, 0.25) is 0 Å². The molecule has 0 aliphatic heterocycles. The molecular weight excluding hydrogens is 973 g/mol. The Bertz CT molecular complexity index is 2180. The molecule has 4 N–H and O–H groups in total. The van der Waals surface area contributed by atoms with Crippen molar-refractivity contribution in [2.24, 2.45) is 11.8 Å². The van der Waals surface area contributed by atoms with Crippen molar-refractivity contribution in [2.75, 3.05) is 52.5 Å². The number of amides is 2. The van der Waals surface area contributed by atoms with E-state index in [2.05, 4.69) is 30.9 Å². The molecule has 2 unspecified atom stereocenters. The van der Waals surface area contributed by atoms with Gasteiger partial charge >= 0.3 is 23.9 Å². The molecule has 4 rings (SSSR count). The van der Waals surface area contributed by atoms with Crippen molar-refractivity contribution in [3.05, 3.63) is 77.9 Å². The monoisotopic (exact) mass is 1040 g/mol. The maximum absolute atomic E-state index is 13.3. The van der Waals surface area contributed by atoms with Gasteiger partial charge in [-0.25, -0.2) is 9.59 Å². The summed E-state index contributed by atoms with van der Waals surface area (Å²) in [5.41, 5.74) is 4.02. The van der Waals surface area contributed by atoms with E-state index in [0.29, 0.717) is 108 Å². The van der Waals surface area contributed by atoms with Crippen molar-refractivity contribution in [2.45, 2.75) is 131 Å². The highest BCUT2D eigenvalue weighted by Gasteiger charge is 2.30. The van der Waals surface area contributed by atoms with Gasteiger partial charge in [0.25, 0.3) is 10.2 Å². The van der Waals surface area contributed by atoms with Gasteiger partial charge in [0, 0.05) is 77.1 Å². The van der Waals surface area contributed by atoms with Crippen LogP contribution in [-0.2, 0) is 47.9 Å². The van der Waals surface area contributed by atoms with Gasteiger partial charge in [-0.1, -0.05) is 0 Å². The summed E-state index contributed by atoms with van der Waals surface area (Å²) in [5.74, 6) is -2.00. The van der Waals surface area contributed by atoms with Gasteiger partial charge in [-0.05, 0) is 138 Å². The summed E-state index contributed by atoms with van der Waals surface area (Å²) in [4.78, 5) is 106. The van der Waals surface area contributed by atoms with Gasteiger partial charge in [0.2, 0.25) is 11.8 Å². The highest BCUT2D eigenvalue weighted by atomic mass is 17.0. The molecule has 0 spiro atoms. The Hall–Kier alpha value is -7.08. The van der Waals surface area contributed by atoms with Gasteiger partial charge < -0.3 is 59.4 Å². The third-order valence-corrected chi connectivity index (χ3v) is 12.7. The molecule has 0 saturated heterocycles. The Balaban J connectivity index is 1.39. The molecule has 0 aromatic heterocycles. The third-order valence-electron chi connectivity index (χ3n) is 12.7. The molecule has 0 bridgehead atoms. The van der Waals surface area contributed by atoms with Crippen molar-refractivity contribution < 1.29 is 77.0 Å². The standard InChI is InChI=1S/C50H70N6O18/c1-29-23-43(31(3)33(5)47(29)69-35(7)57)67-27-41(25-51-19-21-53-49(61)37-9-13-39(14-10-37)73-55(63)64)71-45(59)17-18-46(60)72-42(28-68-44-24-30(2)48(70-36(8)58)34(6)32(44)4)26-52-20-22-54-50(62)38-11-15-40(16-12-38)74-56(65)66/h17-18,23-24,37-42,51-52H,9-16,19-22,25-28H2,1-8H3,(H,53,61)(H,54,62)/b18-17+. The lowest BCUT2D eigenvalue weighted by molar-refractivity contribution is -0.769. The Morgan fingerprint density at radius 3 is 1.24 bits per heavy atom. The maximum atomic E-state index is 13.3. The van der Waals surface area contributed by atoms with Crippen LogP contribution in [-0.4, -0.2) is 123 Å². The molecule has 2 aromatic rings. The van der Waals surface area contributed by atoms with Crippen molar-refractivity contribution in [1.82, 2.24) is 21.3 Å². The summed E-state index contributed by atoms with van der Waals surface area (Å²) in [6, 6.07) is 3.41. The van der Waals surface area contributed by atoms with Gasteiger partial charge in [0.05, 0.1) is 0 Å².